The van der Waals surface area contributed by atoms with Crippen molar-refractivity contribution in [2.45, 2.75) is 6.92 Å². The molecule has 0 aliphatic rings. The van der Waals surface area contributed by atoms with Gasteiger partial charge >= 0.3 is 0 Å². The van der Waals surface area contributed by atoms with Crippen LogP contribution in [0.4, 0.5) is 4.39 Å². The highest BCUT2D eigenvalue weighted by Gasteiger charge is 2.08. The number of hydrogen-bond donors (Lipinski definition) is 2. The Balaban J connectivity index is 2.50. The van der Waals surface area contributed by atoms with Gasteiger partial charge < -0.3 is 15.7 Å². The average Bonchev–Trinajstić information content (AvgIpc) is 2.25. The third kappa shape index (κ3) is 3.46. The summed E-state index contributed by atoms with van der Waals surface area (Å²) in [6.45, 7) is 1.98. The molecule has 1 rings (SSSR count). The number of benzene rings is 1. The van der Waals surface area contributed by atoms with Crippen LogP contribution in [0.3, 0.4) is 0 Å². The van der Waals surface area contributed by atoms with E-state index in [0.717, 1.165) is 0 Å². The monoisotopic (exact) mass is 212 g/mol. The summed E-state index contributed by atoms with van der Waals surface area (Å²) < 4.78 is 18.0. The first kappa shape index (κ1) is 11.3. The highest BCUT2D eigenvalue weighted by atomic mass is 19.1. The lowest BCUT2D eigenvalue weighted by molar-refractivity contribution is 0.278. The highest BCUT2D eigenvalue weighted by molar-refractivity contribution is 5.81. The third-order valence-electron chi connectivity index (χ3n) is 1.92. The van der Waals surface area contributed by atoms with Crippen LogP contribution >= 0.6 is 0 Å². The molecule has 3 N–H and O–H groups in total. The van der Waals surface area contributed by atoms with Gasteiger partial charge in [0.2, 0.25) is 0 Å². The fourth-order valence-electron chi connectivity index (χ4n) is 0.962. The molecule has 0 aliphatic heterocycles. The van der Waals surface area contributed by atoms with Gasteiger partial charge in [0.25, 0.3) is 0 Å². The molecule has 0 saturated carbocycles. The van der Waals surface area contributed by atoms with Gasteiger partial charge in [0, 0.05) is 6.07 Å². The molecular formula is C10H13FN2O2. The normalized spacial score (nSPS) is 13.6. The first-order valence-corrected chi connectivity index (χ1v) is 4.49. The van der Waals surface area contributed by atoms with E-state index in [2.05, 4.69) is 5.16 Å². The Labute approximate surface area is 87.2 Å². The summed E-state index contributed by atoms with van der Waals surface area (Å²) in [5, 5.41) is 11.3. The number of hydrogen-bond acceptors (Lipinski definition) is 3. The molecule has 0 radical (unpaired) electrons. The Bertz CT molecular complexity index is 355. The van der Waals surface area contributed by atoms with Gasteiger partial charge in [0.15, 0.2) is 0 Å². The van der Waals surface area contributed by atoms with Gasteiger partial charge in [-0.15, -0.1) is 0 Å². The summed E-state index contributed by atoms with van der Waals surface area (Å²) in [4.78, 5) is 0. The van der Waals surface area contributed by atoms with E-state index < -0.39 is 0 Å². The molecule has 0 saturated heterocycles. The van der Waals surface area contributed by atoms with Gasteiger partial charge in [0.1, 0.15) is 17.4 Å². The quantitative estimate of drug-likeness (QED) is 0.344. The summed E-state index contributed by atoms with van der Waals surface area (Å²) >= 11 is 0. The van der Waals surface area contributed by atoms with Gasteiger partial charge in [-0.2, -0.15) is 0 Å². The highest BCUT2D eigenvalue weighted by Crippen LogP contribution is 2.12. The van der Waals surface area contributed by atoms with Crippen molar-refractivity contribution in [1.29, 1.82) is 0 Å². The SMILES string of the molecule is CC(COc1cccc(F)c1)/C(N)=N/O. The fourth-order valence-corrected chi connectivity index (χ4v) is 0.962. The predicted molar refractivity (Wildman–Crippen MR) is 54.5 cm³/mol. The van der Waals surface area contributed by atoms with Gasteiger partial charge in [-0.3, -0.25) is 0 Å². The molecule has 1 atom stereocenters. The summed E-state index contributed by atoms with van der Waals surface area (Å²) in [6.07, 6.45) is 0. The maximum Gasteiger partial charge on any atom is 0.145 e. The van der Waals surface area contributed by atoms with Crippen molar-refractivity contribution < 1.29 is 14.3 Å². The second-order valence-electron chi connectivity index (χ2n) is 3.19. The van der Waals surface area contributed by atoms with Crippen LogP contribution in [0.2, 0.25) is 0 Å². The van der Waals surface area contributed by atoms with Crippen LogP contribution in [-0.4, -0.2) is 17.6 Å². The summed E-state index contributed by atoms with van der Waals surface area (Å²) in [5.74, 6) is -0.0683. The van der Waals surface area contributed by atoms with E-state index in [9.17, 15) is 4.39 Å². The Hall–Kier alpha value is -1.78. The zero-order valence-electron chi connectivity index (χ0n) is 8.35. The van der Waals surface area contributed by atoms with E-state index in [1.165, 1.54) is 12.1 Å². The molecule has 1 unspecified atom stereocenters. The van der Waals surface area contributed by atoms with E-state index in [-0.39, 0.29) is 24.2 Å². The molecule has 0 spiro atoms. The second kappa shape index (κ2) is 5.19. The summed E-state index contributed by atoms with van der Waals surface area (Å²) in [5.41, 5.74) is 5.36. The molecule has 0 heterocycles. The third-order valence-corrected chi connectivity index (χ3v) is 1.92. The van der Waals surface area contributed by atoms with E-state index in [1.807, 2.05) is 0 Å². The Morgan fingerprint density at radius 2 is 2.40 bits per heavy atom. The van der Waals surface area contributed by atoms with Gasteiger partial charge in [0.05, 0.1) is 12.5 Å². The second-order valence-corrected chi connectivity index (χ2v) is 3.19. The minimum absolute atomic E-state index is 0.0893. The van der Waals surface area contributed by atoms with Crippen LogP contribution in [0.25, 0.3) is 0 Å². The van der Waals surface area contributed by atoms with Crippen LogP contribution in [0, 0.1) is 11.7 Å². The molecule has 0 fully saturated rings. The maximum atomic E-state index is 12.7. The number of nitrogens with two attached hydrogens (primary N) is 1. The maximum absolute atomic E-state index is 12.7. The topological polar surface area (TPSA) is 67.8 Å². The minimum atomic E-state index is -0.357. The molecular weight excluding hydrogens is 199 g/mol. The molecule has 82 valence electrons. The molecule has 1 aromatic carbocycles. The zero-order chi connectivity index (χ0) is 11.3. The first-order chi connectivity index (χ1) is 7.13. The van der Waals surface area contributed by atoms with Crippen LogP contribution < -0.4 is 10.5 Å². The van der Waals surface area contributed by atoms with Crippen molar-refractivity contribution in [2.24, 2.45) is 16.8 Å². The largest absolute Gasteiger partial charge is 0.493 e. The van der Waals surface area contributed by atoms with Crippen LogP contribution in [0.1, 0.15) is 6.92 Å². The van der Waals surface area contributed by atoms with Crippen molar-refractivity contribution >= 4 is 5.84 Å². The Morgan fingerprint density at radius 1 is 1.67 bits per heavy atom. The van der Waals surface area contributed by atoms with Crippen molar-refractivity contribution in [3.8, 4) is 5.75 Å². The lowest BCUT2D eigenvalue weighted by atomic mass is 10.2. The first-order valence-electron chi connectivity index (χ1n) is 4.49. The van der Waals surface area contributed by atoms with E-state index in [1.54, 1.807) is 19.1 Å². The molecule has 4 nitrogen and oxygen atoms in total. The van der Waals surface area contributed by atoms with Crippen LogP contribution in [0.5, 0.6) is 5.75 Å². The number of rotatable bonds is 4. The van der Waals surface area contributed by atoms with Crippen molar-refractivity contribution in [2.75, 3.05) is 6.61 Å². The molecule has 0 aromatic heterocycles. The average molecular weight is 212 g/mol. The Morgan fingerprint density at radius 3 is 3.00 bits per heavy atom. The molecule has 0 aliphatic carbocycles. The number of nitrogens with zero attached hydrogens (tertiary/aromatic N) is 1. The predicted octanol–water partition coefficient (Wildman–Crippen LogP) is 1.59. The number of oxime groups is 1. The van der Waals surface area contributed by atoms with Crippen molar-refractivity contribution in [3.05, 3.63) is 30.1 Å². The number of halogens is 1. The minimum Gasteiger partial charge on any atom is -0.493 e. The van der Waals surface area contributed by atoms with Gasteiger partial charge in [-0.25, -0.2) is 4.39 Å². The number of ether oxygens (including phenoxy) is 1. The van der Waals surface area contributed by atoms with Crippen LogP contribution in [0.15, 0.2) is 29.4 Å². The van der Waals surface area contributed by atoms with Crippen molar-refractivity contribution in [1.82, 2.24) is 0 Å². The van der Waals surface area contributed by atoms with E-state index >= 15 is 0 Å². The Kier molecular flexibility index (Phi) is 3.91. The zero-order valence-corrected chi connectivity index (χ0v) is 8.35. The lowest BCUT2D eigenvalue weighted by Gasteiger charge is -2.11. The number of amidine groups is 1. The summed E-state index contributed by atoms with van der Waals surface area (Å²) in [6, 6.07) is 5.81. The van der Waals surface area contributed by atoms with E-state index in [0.29, 0.717) is 5.75 Å². The standard InChI is InChI=1S/C10H13FN2O2/c1-7(10(12)13-14)6-15-9-4-2-3-8(11)5-9/h2-5,7,14H,6H2,1H3,(H2,12,13). The van der Waals surface area contributed by atoms with Gasteiger partial charge in [-0.05, 0) is 12.1 Å². The molecule has 5 heteroatoms. The van der Waals surface area contributed by atoms with Crippen LogP contribution in [-0.2, 0) is 0 Å². The van der Waals surface area contributed by atoms with Crippen molar-refractivity contribution in [3.63, 3.8) is 0 Å². The smallest absolute Gasteiger partial charge is 0.145 e. The summed E-state index contributed by atoms with van der Waals surface area (Å²) in [7, 11) is 0. The van der Waals surface area contributed by atoms with E-state index in [4.69, 9.17) is 15.7 Å². The molecule has 15 heavy (non-hydrogen) atoms. The molecule has 1 aromatic rings. The molecule has 0 bridgehead atoms. The lowest BCUT2D eigenvalue weighted by Crippen LogP contribution is -2.26. The van der Waals surface area contributed by atoms with Gasteiger partial charge in [-0.1, -0.05) is 18.1 Å². The fraction of sp³-hybridized carbons (Fsp3) is 0.300. The molecule has 0 amide bonds.